The number of aromatic carboxylic acids is 1. The number of thiophene rings is 1. The molecule has 7 heteroatoms. The Kier molecular flexibility index (Phi) is 5.05. The predicted molar refractivity (Wildman–Crippen MR) is 119 cm³/mol. The number of halogens is 1. The van der Waals surface area contributed by atoms with Crippen LogP contribution in [0.25, 0.3) is 21.3 Å². The third-order valence-electron chi connectivity index (χ3n) is 5.97. The zero-order valence-electron chi connectivity index (χ0n) is 16.1. The minimum Gasteiger partial charge on any atom is -0.477 e. The van der Waals surface area contributed by atoms with Gasteiger partial charge in [0.25, 0.3) is 0 Å². The van der Waals surface area contributed by atoms with Crippen LogP contribution < -0.4 is 11.2 Å². The molecule has 1 unspecified atom stereocenters. The van der Waals surface area contributed by atoms with Gasteiger partial charge in [0, 0.05) is 33.4 Å². The summed E-state index contributed by atoms with van der Waals surface area (Å²) in [6.07, 6.45) is 6.79. The fraction of sp³-hybridized carbons (Fsp3) is 0.364. The number of aryl methyl sites for hydroxylation is 2. The largest absolute Gasteiger partial charge is 0.477 e. The molecule has 1 fully saturated rings. The monoisotopic (exact) mass is 430 g/mol. The molecule has 152 valence electrons. The van der Waals surface area contributed by atoms with Gasteiger partial charge in [-0.25, -0.2) is 4.79 Å². The van der Waals surface area contributed by atoms with Gasteiger partial charge in [0.1, 0.15) is 5.56 Å². The molecule has 3 aromatic rings. The second-order valence-electron chi connectivity index (χ2n) is 7.99. The third-order valence-corrected chi connectivity index (χ3v) is 7.22. The summed E-state index contributed by atoms with van der Waals surface area (Å²) in [5.74, 6) is -1.16. The standard InChI is InChI=1S/C22H22N2O3S.ClH/c1-11-7-15-18(24(12-5-6-12)10-16(21(15)25)22(26)27)8-13(11)20-9-14-17(23)3-2-4-19(14)28-20;/h7-10,12,17H,2-6,23H2,1H3,(H,26,27);1H. The van der Waals surface area contributed by atoms with Crippen molar-refractivity contribution >= 4 is 40.6 Å². The number of rotatable bonds is 3. The molecule has 3 N–H and O–H groups in total. The smallest absolute Gasteiger partial charge is 0.341 e. The number of benzene rings is 1. The predicted octanol–water partition coefficient (Wildman–Crippen LogP) is 4.83. The van der Waals surface area contributed by atoms with E-state index in [1.165, 1.54) is 21.5 Å². The van der Waals surface area contributed by atoms with Crippen LogP contribution >= 0.6 is 23.7 Å². The van der Waals surface area contributed by atoms with Crippen LogP contribution in [0.5, 0.6) is 0 Å². The lowest BCUT2D eigenvalue weighted by Crippen LogP contribution is -2.18. The summed E-state index contributed by atoms with van der Waals surface area (Å²) >= 11 is 1.80. The Bertz CT molecular complexity index is 1190. The summed E-state index contributed by atoms with van der Waals surface area (Å²) in [4.78, 5) is 26.9. The number of hydrogen-bond donors (Lipinski definition) is 2. The van der Waals surface area contributed by atoms with Gasteiger partial charge in [0.2, 0.25) is 5.43 Å². The molecule has 29 heavy (non-hydrogen) atoms. The fourth-order valence-electron chi connectivity index (χ4n) is 4.30. The number of hydrogen-bond acceptors (Lipinski definition) is 4. The number of nitrogens with two attached hydrogens (primary N) is 1. The SMILES string of the molecule is Cc1cc2c(=O)c(C(=O)O)cn(C3CC3)c2cc1-c1cc2c(s1)CCCC2N.Cl. The van der Waals surface area contributed by atoms with E-state index in [0.717, 1.165) is 48.7 Å². The summed E-state index contributed by atoms with van der Waals surface area (Å²) in [5, 5.41) is 9.94. The Labute approximate surface area is 178 Å². The van der Waals surface area contributed by atoms with Crippen LogP contribution in [0, 0.1) is 6.92 Å². The first-order valence-electron chi connectivity index (χ1n) is 9.75. The molecule has 0 saturated heterocycles. The molecule has 2 aliphatic rings. The molecule has 0 aliphatic heterocycles. The lowest BCUT2D eigenvalue weighted by atomic mass is 9.93. The molecule has 0 amide bonds. The molecule has 1 aromatic carbocycles. The number of carbonyl (C=O) groups is 1. The van der Waals surface area contributed by atoms with Gasteiger partial charge in [-0.2, -0.15) is 0 Å². The van der Waals surface area contributed by atoms with Crippen molar-refractivity contribution in [2.24, 2.45) is 5.73 Å². The molecule has 2 aromatic heterocycles. The molecular formula is C22H23ClN2O3S. The van der Waals surface area contributed by atoms with Crippen molar-refractivity contribution in [2.75, 3.05) is 0 Å². The molecule has 0 bridgehead atoms. The molecular weight excluding hydrogens is 408 g/mol. The average molecular weight is 431 g/mol. The van der Waals surface area contributed by atoms with E-state index < -0.39 is 11.4 Å². The van der Waals surface area contributed by atoms with E-state index in [-0.39, 0.29) is 30.1 Å². The van der Waals surface area contributed by atoms with Crippen LogP contribution in [0.15, 0.2) is 29.2 Å². The third kappa shape index (κ3) is 3.29. The maximum absolute atomic E-state index is 12.8. The van der Waals surface area contributed by atoms with Crippen molar-refractivity contribution in [3.8, 4) is 10.4 Å². The van der Waals surface area contributed by atoms with Crippen molar-refractivity contribution in [1.29, 1.82) is 0 Å². The Morgan fingerprint density at radius 1 is 1.24 bits per heavy atom. The maximum Gasteiger partial charge on any atom is 0.341 e. The Hall–Kier alpha value is -2.15. The molecule has 2 aliphatic carbocycles. The number of fused-ring (bicyclic) bond motifs is 2. The van der Waals surface area contributed by atoms with Crippen molar-refractivity contribution < 1.29 is 9.90 Å². The van der Waals surface area contributed by atoms with Crippen LogP contribution in [0.4, 0.5) is 0 Å². The van der Waals surface area contributed by atoms with E-state index in [4.69, 9.17) is 5.73 Å². The Morgan fingerprint density at radius 3 is 2.66 bits per heavy atom. The van der Waals surface area contributed by atoms with E-state index in [1.807, 2.05) is 17.6 Å². The van der Waals surface area contributed by atoms with Crippen LogP contribution in [-0.2, 0) is 6.42 Å². The Balaban J connectivity index is 0.00000205. The summed E-state index contributed by atoms with van der Waals surface area (Å²) in [7, 11) is 0. The van der Waals surface area contributed by atoms with Crippen LogP contribution in [-0.4, -0.2) is 15.6 Å². The fourth-order valence-corrected chi connectivity index (χ4v) is 5.66. The number of pyridine rings is 1. The first kappa shape index (κ1) is 20.1. The zero-order valence-corrected chi connectivity index (χ0v) is 17.7. The van der Waals surface area contributed by atoms with Gasteiger partial charge in [-0.05, 0) is 73.9 Å². The van der Waals surface area contributed by atoms with E-state index in [2.05, 4.69) is 12.1 Å². The highest BCUT2D eigenvalue weighted by Gasteiger charge is 2.28. The summed E-state index contributed by atoms with van der Waals surface area (Å²) in [5.41, 5.74) is 9.94. The van der Waals surface area contributed by atoms with Crippen LogP contribution in [0.3, 0.4) is 0 Å². The lowest BCUT2D eigenvalue weighted by Gasteiger charge is -2.17. The second-order valence-corrected chi connectivity index (χ2v) is 9.12. The topological polar surface area (TPSA) is 85.3 Å². The number of carboxylic acids is 1. The number of carboxylic acid groups (broad SMARTS) is 1. The van der Waals surface area contributed by atoms with Gasteiger partial charge in [0.15, 0.2) is 0 Å². The second kappa shape index (κ2) is 7.27. The molecule has 1 atom stereocenters. The quantitative estimate of drug-likeness (QED) is 0.623. The van der Waals surface area contributed by atoms with E-state index in [0.29, 0.717) is 5.39 Å². The first-order valence-corrected chi connectivity index (χ1v) is 10.6. The van der Waals surface area contributed by atoms with Crippen molar-refractivity contribution in [3.05, 3.63) is 56.2 Å². The van der Waals surface area contributed by atoms with Gasteiger partial charge in [0.05, 0.1) is 5.52 Å². The molecule has 5 rings (SSSR count). The summed E-state index contributed by atoms with van der Waals surface area (Å²) < 4.78 is 1.99. The van der Waals surface area contributed by atoms with E-state index >= 15 is 0 Å². The first-order chi connectivity index (χ1) is 13.4. The Morgan fingerprint density at radius 2 is 2.00 bits per heavy atom. The van der Waals surface area contributed by atoms with Crippen LogP contribution in [0.2, 0.25) is 0 Å². The molecule has 2 heterocycles. The summed E-state index contributed by atoms with van der Waals surface area (Å²) in [6, 6.07) is 6.53. The minimum absolute atomic E-state index is 0. The molecule has 0 radical (unpaired) electrons. The maximum atomic E-state index is 12.8. The van der Waals surface area contributed by atoms with Gasteiger partial charge >= 0.3 is 5.97 Å². The van der Waals surface area contributed by atoms with E-state index in [9.17, 15) is 14.7 Å². The highest BCUT2D eigenvalue weighted by atomic mass is 35.5. The van der Waals surface area contributed by atoms with Crippen molar-refractivity contribution in [1.82, 2.24) is 4.57 Å². The van der Waals surface area contributed by atoms with Crippen LogP contribution in [0.1, 0.15) is 64.1 Å². The highest BCUT2D eigenvalue weighted by Crippen LogP contribution is 2.42. The normalized spacial score (nSPS) is 18.3. The average Bonchev–Trinajstić information content (AvgIpc) is 3.40. The molecule has 0 spiro atoms. The van der Waals surface area contributed by atoms with Gasteiger partial charge in [-0.3, -0.25) is 4.79 Å². The minimum atomic E-state index is -1.16. The number of nitrogens with zero attached hydrogens (tertiary/aromatic N) is 1. The molecule has 1 saturated carbocycles. The molecule has 5 nitrogen and oxygen atoms in total. The zero-order chi connectivity index (χ0) is 19.6. The van der Waals surface area contributed by atoms with Gasteiger partial charge in [-0.1, -0.05) is 0 Å². The lowest BCUT2D eigenvalue weighted by molar-refractivity contribution is 0.0695. The van der Waals surface area contributed by atoms with Crippen molar-refractivity contribution in [3.63, 3.8) is 0 Å². The van der Waals surface area contributed by atoms with E-state index in [1.54, 1.807) is 11.3 Å². The van der Waals surface area contributed by atoms with Gasteiger partial charge in [-0.15, -0.1) is 23.7 Å². The summed E-state index contributed by atoms with van der Waals surface area (Å²) in [6.45, 7) is 1.99. The van der Waals surface area contributed by atoms with Crippen molar-refractivity contribution in [2.45, 2.75) is 51.1 Å². The highest BCUT2D eigenvalue weighted by molar-refractivity contribution is 7.15. The number of aromatic nitrogens is 1. The van der Waals surface area contributed by atoms with Gasteiger partial charge < -0.3 is 15.4 Å².